The lowest BCUT2D eigenvalue weighted by atomic mass is 9.95. The summed E-state index contributed by atoms with van der Waals surface area (Å²) in [7, 11) is -2.50. The molecule has 0 saturated carbocycles. The summed E-state index contributed by atoms with van der Waals surface area (Å²) in [5, 5.41) is 2.80. The van der Waals surface area contributed by atoms with Gasteiger partial charge in [0.1, 0.15) is 0 Å². The van der Waals surface area contributed by atoms with Crippen molar-refractivity contribution < 1.29 is 14.0 Å². The Kier molecular flexibility index (Phi) is 9.46. The lowest BCUT2D eigenvalue weighted by Gasteiger charge is -2.43. The Morgan fingerprint density at radius 1 is 0.919 bits per heavy atom. The summed E-state index contributed by atoms with van der Waals surface area (Å²) in [5.41, 5.74) is 1.21. The Morgan fingerprint density at radius 2 is 1.51 bits per heavy atom. The number of aryl methyl sites for hydroxylation is 1. The van der Waals surface area contributed by atoms with Crippen LogP contribution < -0.4 is 10.4 Å². The summed E-state index contributed by atoms with van der Waals surface area (Å²) < 4.78 is 13.2. The highest BCUT2D eigenvalue weighted by Crippen LogP contribution is 2.37. The highest BCUT2D eigenvalue weighted by atomic mass is 32.2. The molecule has 1 saturated heterocycles. The second-order valence-electron chi connectivity index (χ2n) is 11.2. The topological polar surface area (TPSA) is 35.5 Å². The van der Waals surface area contributed by atoms with Crippen LogP contribution in [0.2, 0.25) is 5.04 Å². The highest BCUT2D eigenvalue weighted by molar-refractivity contribution is 8.13. The fourth-order valence-electron chi connectivity index (χ4n) is 5.35. The molecule has 0 aliphatic carbocycles. The van der Waals surface area contributed by atoms with E-state index in [1.807, 2.05) is 24.3 Å². The van der Waals surface area contributed by atoms with Gasteiger partial charge in [0.05, 0.1) is 6.10 Å². The molecule has 0 N–H and O–H groups in total. The van der Waals surface area contributed by atoms with Gasteiger partial charge in [0.2, 0.25) is 0 Å². The standard InChI is InChI=1S/C32H40O3SSi/c1-25-15-19-28(20-16-25)36-31(33)23-27-18-17-26(24-34-27)21-22-35-37(32(2,3)4,29-11-7-5-8-12-29)30-13-9-6-10-14-30/h5-16,19-20,26-27H,17-18,21-24H2,1-4H3/t26-,27+/m1/s1. The molecule has 0 bridgehead atoms. The molecule has 1 heterocycles. The quantitative estimate of drug-likeness (QED) is 0.225. The van der Waals surface area contributed by atoms with Gasteiger partial charge in [-0.3, -0.25) is 4.79 Å². The number of thioether (sulfide) groups is 1. The molecule has 5 heteroatoms. The van der Waals surface area contributed by atoms with Gasteiger partial charge in [-0.05, 0) is 59.6 Å². The van der Waals surface area contributed by atoms with E-state index in [1.54, 1.807) is 0 Å². The molecule has 0 spiro atoms. The van der Waals surface area contributed by atoms with E-state index in [1.165, 1.54) is 27.7 Å². The lowest BCUT2D eigenvalue weighted by Crippen LogP contribution is -2.66. The summed E-state index contributed by atoms with van der Waals surface area (Å²) in [6, 6.07) is 29.8. The van der Waals surface area contributed by atoms with Crippen LogP contribution in [0.5, 0.6) is 0 Å². The van der Waals surface area contributed by atoms with Crippen molar-refractivity contribution in [3.8, 4) is 0 Å². The Bertz CT molecular complexity index is 1080. The van der Waals surface area contributed by atoms with Crippen molar-refractivity contribution in [1.29, 1.82) is 0 Å². The second-order valence-corrected chi connectivity index (χ2v) is 16.6. The Balaban J connectivity index is 1.34. The van der Waals surface area contributed by atoms with Crippen molar-refractivity contribution >= 4 is 35.6 Å². The number of carbonyl (C=O) groups is 1. The number of hydrogen-bond donors (Lipinski definition) is 0. The predicted molar refractivity (Wildman–Crippen MR) is 157 cm³/mol. The van der Waals surface area contributed by atoms with Gasteiger partial charge in [-0.25, -0.2) is 0 Å². The monoisotopic (exact) mass is 532 g/mol. The van der Waals surface area contributed by atoms with Crippen molar-refractivity contribution in [1.82, 2.24) is 0 Å². The van der Waals surface area contributed by atoms with E-state index in [-0.39, 0.29) is 16.3 Å². The summed E-state index contributed by atoms with van der Waals surface area (Å²) >= 11 is 1.33. The van der Waals surface area contributed by atoms with Gasteiger partial charge in [0.25, 0.3) is 8.32 Å². The van der Waals surface area contributed by atoms with Crippen LogP contribution in [0.25, 0.3) is 0 Å². The van der Waals surface area contributed by atoms with Crippen LogP contribution in [0.15, 0.2) is 89.8 Å². The van der Waals surface area contributed by atoms with E-state index in [9.17, 15) is 4.79 Å². The van der Waals surface area contributed by atoms with Crippen LogP contribution in [0, 0.1) is 12.8 Å². The zero-order valence-corrected chi connectivity index (χ0v) is 24.4. The molecular formula is C32H40O3SSi. The van der Waals surface area contributed by atoms with Crippen molar-refractivity contribution in [3.63, 3.8) is 0 Å². The molecule has 1 fully saturated rings. The Labute approximate surface area is 228 Å². The van der Waals surface area contributed by atoms with E-state index >= 15 is 0 Å². The zero-order valence-electron chi connectivity index (χ0n) is 22.6. The molecule has 0 radical (unpaired) electrons. The van der Waals surface area contributed by atoms with E-state index in [2.05, 4.69) is 88.4 Å². The first-order chi connectivity index (χ1) is 17.8. The van der Waals surface area contributed by atoms with E-state index in [0.717, 1.165) is 24.2 Å². The maximum absolute atomic E-state index is 12.6. The molecule has 1 aliphatic rings. The maximum Gasteiger partial charge on any atom is 0.261 e. The third kappa shape index (κ3) is 7.02. The summed E-state index contributed by atoms with van der Waals surface area (Å²) in [6.45, 7) is 10.4. The van der Waals surface area contributed by atoms with Crippen LogP contribution in [-0.2, 0) is 14.0 Å². The van der Waals surface area contributed by atoms with E-state index in [0.29, 0.717) is 25.6 Å². The van der Waals surface area contributed by atoms with Crippen LogP contribution in [0.1, 0.15) is 52.0 Å². The average Bonchev–Trinajstić information content (AvgIpc) is 2.89. The van der Waals surface area contributed by atoms with Gasteiger partial charge >= 0.3 is 0 Å². The van der Waals surface area contributed by atoms with Gasteiger partial charge in [0, 0.05) is 24.5 Å². The first-order valence-corrected chi connectivity index (χ1v) is 16.1. The average molecular weight is 533 g/mol. The Morgan fingerprint density at radius 3 is 2.03 bits per heavy atom. The minimum atomic E-state index is -2.50. The molecule has 0 amide bonds. The van der Waals surface area contributed by atoms with Crippen molar-refractivity contribution in [2.24, 2.45) is 5.92 Å². The normalized spacial score (nSPS) is 18.5. The molecule has 4 rings (SSSR count). The molecule has 0 unspecified atom stereocenters. The first kappa shape index (κ1) is 27.8. The minimum Gasteiger partial charge on any atom is -0.407 e. The highest BCUT2D eigenvalue weighted by Gasteiger charge is 2.50. The minimum absolute atomic E-state index is 0.0145. The summed E-state index contributed by atoms with van der Waals surface area (Å²) in [5.74, 6) is 0.467. The second kappa shape index (κ2) is 12.6. The SMILES string of the molecule is Cc1ccc(SC(=O)C[C@@H]2CC[C@H](CCO[Si](c3ccccc3)(c3ccccc3)C(C)(C)C)CO2)cc1. The molecular weight excluding hydrogens is 493 g/mol. The molecule has 1 aliphatic heterocycles. The summed E-state index contributed by atoms with van der Waals surface area (Å²) in [4.78, 5) is 13.6. The number of ether oxygens (including phenoxy) is 1. The van der Waals surface area contributed by atoms with Crippen molar-refractivity contribution in [2.75, 3.05) is 13.2 Å². The van der Waals surface area contributed by atoms with Crippen molar-refractivity contribution in [2.45, 2.75) is 69.4 Å². The molecule has 37 heavy (non-hydrogen) atoms. The van der Waals surface area contributed by atoms with E-state index < -0.39 is 8.32 Å². The van der Waals surface area contributed by atoms with Crippen LogP contribution in [0.4, 0.5) is 0 Å². The lowest BCUT2D eigenvalue weighted by molar-refractivity contribution is -0.115. The maximum atomic E-state index is 12.6. The Hall–Kier alpha value is -2.18. The number of carbonyl (C=O) groups excluding carboxylic acids is 1. The zero-order chi connectivity index (χ0) is 26.3. The fraction of sp³-hybridized carbons (Fsp3) is 0.406. The molecule has 3 nitrogen and oxygen atoms in total. The largest absolute Gasteiger partial charge is 0.407 e. The smallest absolute Gasteiger partial charge is 0.261 e. The van der Waals surface area contributed by atoms with E-state index in [4.69, 9.17) is 9.16 Å². The molecule has 3 aromatic rings. The molecule has 196 valence electrons. The third-order valence-electron chi connectivity index (χ3n) is 7.37. The third-order valence-corrected chi connectivity index (χ3v) is 13.3. The van der Waals surface area contributed by atoms with Gasteiger partial charge in [0.15, 0.2) is 5.12 Å². The number of hydrogen-bond acceptors (Lipinski definition) is 4. The van der Waals surface area contributed by atoms with Crippen LogP contribution in [-0.4, -0.2) is 32.8 Å². The fourth-order valence-corrected chi connectivity index (χ4v) is 10.7. The molecule has 3 aromatic carbocycles. The summed E-state index contributed by atoms with van der Waals surface area (Å²) in [6.07, 6.45) is 3.49. The first-order valence-electron chi connectivity index (χ1n) is 13.4. The van der Waals surface area contributed by atoms with Gasteiger partial charge in [-0.15, -0.1) is 0 Å². The van der Waals surface area contributed by atoms with Gasteiger partial charge < -0.3 is 9.16 Å². The van der Waals surface area contributed by atoms with Gasteiger partial charge in [-0.1, -0.05) is 111 Å². The van der Waals surface area contributed by atoms with Crippen LogP contribution in [0.3, 0.4) is 0 Å². The van der Waals surface area contributed by atoms with Crippen LogP contribution >= 0.6 is 11.8 Å². The molecule has 2 atom stereocenters. The van der Waals surface area contributed by atoms with Crippen molar-refractivity contribution in [3.05, 3.63) is 90.5 Å². The predicted octanol–water partition coefficient (Wildman–Crippen LogP) is 6.77. The molecule has 0 aromatic heterocycles. The van der Waals surface area contributed by atoms with Gasteiger partial charge in [-0.2, -0.15) is 0 Å². The number of benzene rings is 3. The number of rotatable bonds is 9.